The third-order valence-electron chi connectivity index (χ3n) is 2.20. The van der Waals surface area contributed by atoms with Crippen LogP contribution in [-0.4, -0.2) is 18.6 Å². The number of carbonyl (C=O) groups is 1. The first-order chi connectivity index (χ1) is 8.36. The molecule has 0 unspecified atom stereocenters. The third-order valence-corrected chi connectivity index (χ3v) is 2.20. The summed E-state index contributed by atoms with van der Waals surface area (Å²) in [6.07, 6.45) is -3.61. The maximum atomic E-state index is 12.9. The number of hydrogen-bond acceptors (Lipinski definition) is 2. The molecule has 0 fully saturated rings. The lowest BCUT2D eigenvalue weighted by molar-refractivity contribution is -0.0886. The Kier molecular flexibility index (Phi) is 4.69. The summed E-state index contributed by atoms with van der Waals surface area (Å²) in [5.41, 5.74) is -0.793. The number of rotatable bonds is 5. The monoisotopic (exact) mass is 264 g/mol. The smallest absolute Gasteiger partial charge is 0.455 e. The van der Waals surface area contributed by atoms with E-state index in [1.54, 1.807) is 0 Å². The molecule has 0 radical (unpaired) electrons. The van der Waals surface area contributed by atoms with Crippen LogP contribution in [-0.2, 0) is 0 Å². The molecule has 0 bridgehead atoms. The summed E-state index contributed by atoms with van der Waals surface area (Å²) in [7, 11) is 0. The van der Waals surface area contributed by atoms with Crippen molar-refractivity contribution in [2.45, 2.75) is 25.9 Å². The molecule has 1 aromatic rings. The van der Waals surface area contributed by atoms with Crippen LogP contribution in [0, 0.1) is 5.82 Å². The Morgan fingerprint density at radius 1 is 1.33 bits per heavy atom. The highest BCUT2D eigenvalue weighted by Crippen LogP contribution is 2.28. The van der Waals surface area contributed by atoms with Crippen molar-refractivity contribution in [2.24, 2.45) is 0 Å². The molecular formula is C12H12F4O2. The Balaban J connectivity index is 3.00. The molecule has 6 heteroatoms. The number of Topliss-reactive ketones (excluding diaryl/α,β-unsaturated/α-hetero) is 1. The fourth-order valence-corrected chi connectivity index (χ4v) is 1.28. The van der Waals surface area contributed by atoms with Gasteiger partial charge in [0.05, 0.1) is 12.2 Å². The van der Waals surface area contributed by atoms with Gasteiger partial charge in [-0.25, -0.2) is 4.39 Å². The van der Waals surface area contributed by atoms with E-state index in [-0.39, 0.29) is 12.4 Å². The van der Waals surface area contributed by atoms with Crippen molar-refractivity contribution in [1.29, 1.82) is 0 Å². The van der Waals surface area contributed by atoms with Crippen LogP contribution in [0.1, 0.15) is 30.1 Å². The van der Waals surface area contributed by atoms with Crippen molar-refractivity contribution in [3.63, 3.8) is 0 Å². The highest BCUT2D eigenvalue weighted by atomic mass is 19.4. The van der Waals surface area contributed by atoms with Crippen LogP contribution in [0.2, 0.25) is 0 Å². The first-order valence-corrected chi connectivity index (χ1v) is 5.40. The summed E-state index contributed by atoms with van der Waals surface area (Å²) in [5, 5.41) is 0. The Hall–Kier alpha value is -1.59. The number of ketones is 1. The van der Waals surface area contributed by atoms with Gasteiger partial charge in [-0.2, -0.15) is 13.2 Å². The van der Waals surface area contributed by atoms with Crippen LogP contribution in [0.15, 0.2) is 18.2 Å². The van der Waals surface area contributed by atoms with Crippen LogP contribution in [0.5, 0.6) is 5.75 Å². The van der Waals surface area contributed by atoms with Crippen LogP contribution < -0.4 is 4.74 Å². The molecule has 1 rings (SSSR count). The second kappa shape index (κ2) is 5.84. The zero-order valence-electron chi connectivity index (χ0n) is 9.68. The number of unbranched alkanes of at least 4 members (excludes halogenated alkanes) is 1. The fourth-order valence-electron chi connectivity index (χ4n) is 1.28. The van der Waals surface area contributed by atoms with E-state index in [0.29, 0.717) is 12.5 Å². The average Bonchev–Trinajstić information content (AvgIpc) is 2.29. The van der Waals surface area contributed by atoms with Gasteiger partial charge in [-0.3, -0.25) is 4.79 Å². The van der Waals surface area contributed by atoms with Gasteiger partial charge in [0.1, 0.15) is 11.6 Å². The van der Waals surface area contributed by atoms with Crippen molar-refractivity contribution >= 4 is 5.78 Å². The van der Waals surface area contributed by atoms with E-state index in [1.165, 1.54) is 0 Å². The maximum Gasteiger partial charge on any atom is 0.455 e. The van der Waals surface area contributed by atoms with Gasteiger partial charge in [0.15, 0.2) is 0 Å². The van der Waals surface area contributed by atoms with E-state index in [4.69, 9.17) is 4.74 Å². The number of halogens is 4. The predicted octanol–water partition coefficient (Wildman–Crippen LogP) is 3.75. The topological polar surface area (TPSA) is 26.3 Å². The van der Waals surface area contributed by atoms with Crippen molar-refractivity contribution in [2.75, 3.05) is 6.61 Å². The van der Waals surface area contributed by atoms with Gasteiger partial charge in [0, 0.05) is 0 Å². The van der Waals surface area contributed by atoms with E-state index in [9.17, 15) is 22.4 Å². The summed E-state index contributed by atoms with van der Waals surface area (Å²) >= 11 is 0. The first kappa shape index (κ1) is 14.5. The quantitative estimate of drug-likeness (QED) is 0.460. The zero-order valence-corrected chi connectivity index (χ0v) is 9.68. The van der Waals surface area contributed by atoms with E-state index >= 15 is 0 Å². The zero-order chi connectivity index (χ0) is 13.8. The Morgan fingerprint density at radius 2 is 2.00 bits per heavy atom. The number of alkyl halides is 3. The molecule has 100 valence electrons. The molecule has 18 heavy (non-hydrogen) atoms. The number of hydrogen-bond donors (Lipinski definition) is 0. The standard InChI is InChI=1S/C12H12F4O2/c1-2-3-6-18-10-5-4-8(13)7-9(10)11(17)12(14,15)16/h4-5,7H,2-3,6H2,1H3. The minimum absolute atomic E-state index is 0.181. The van der Waals surface area contributed by atoms with Crippen LogP contribution in [0.25, 0.3) is 0 Å². The van der Waals surface area contributed by atoms with Crippen molar-refractivity contribution in [3.05, 3.63) is 29.6 Å². The molecule has 0 aromatic heterocycles. The van der Waals surface area contributed by atoms with Crippen molar-refractivity contribution in [1.82, 2.24) is 0 Å². The normalized spacial score (nSPS) is 11.4. The van der Waals surface area contributed by atoms with Crippen molar-refractivity contribution < 1.29 is 27.1 Å². The lowest BCUT2D eigenvalue weighted by atomic mass is 10.1. The molecular weight excluding hydrogens is 252 g/mol. The van der Waals surface area contributed by atoms with E-state index in [0.717, 1.165) is 18.6 Å². The summed E-state index contributed by atoms with van der Waals surface area (Å²) in [6, 6.07) is 2.52. The van der Waals surface area contributed by atoms with Gasteiger partial charge in [-0.1, -0.05) is 13.3 Å². The molecule has 0 atom stereocenters. The van der Waals surface area contributed by atoms with Gasteiger partial charge >= 0.3 is 6.18 Å². The van der Waals surface area contributed by atoms with Gasteiger partial charge in [-0.15, -0.1) is 0 Å². The van der Waals surface area contributed by atoms with Crippen molar-refractivity contribution in [3.8, 4) is 5.75 Å². The van der Waals surface area contributed by atoms with Gasteiger partial charge in [0.25, 0.3) is 5.78 Å². The Bertz CT molecular complexity index is 427. The molecule has 0 saturated carbocycles. The summed E-state index contributed by atoms with van der Waals surface area (Å²) in [5.74, 6) is -3.26. The largest absolute Gasteiger partial charge is 0.493 e. The lowest BCUT2D eigenvalue weighted by Gasteiger charge is -2.12. The molecule has 0 aliphatic heterocycles. The summed E-state index contributed by atoms with van der Waals surface area (Å²) in [6.45, 7) is 2.07. The molecule has 0 aliphatic rings. The lowest BCUT2D eigenvalue weighted by Crippen LogP contribution is -2.23. The van der Waals surface area contributed by atoms with Crippen LogP contribution >= 0.6 is 0 Å². The SMILES string of the molecule is CCCCOc1ccc(F)cc1C(=O)C(F)(F)F. The Morgan fingerprint density at radius 3 is 2.56 bits per heavy atom. The van der Waals surface area contributed by atoms with Crippen LogP contribution in [0.3, 0.4) is 0 Å². The molecule has 0 saturated heterocycles. The van der Waals surface area contributed by atoms with Gasteiger partial charge in [-0.05, 0) is 24.6 Å². The van der Waals surface area contributed by atoms with E-state index < -0.39 is 23.3 Å². The molecule has 0 N–H and O–H groups in total. The highest BCUT2D eigenvalue weighted by molar-refractivity contribution is 6.02. The summed E-state index contributed by atoms with van der Waals surface area (Å²) < 4.78 is 54.9. The fraction of sp³-hybridized carbons (Fsp3) is 0.417. The molecule has 0 aliphatic carbocycles. The summed E-state index contributed by atoms with van der Waals surface area (Å²) in [4.78, 5) is 11.1. The highest BCUT2D eigenvalue weighted by Gasteiger charge is 2.41. The van der Waals surface area contributed by atoms with E-state index in [1.807, 2.05) is 6.92 Å². The number of carbonyl (C=O) groups excluding carboxylic acids is 1. The second-order valence-corrected chi connectivity index (χ2v) is 3.67. The second-order valence-electron chi connectivity index (χ2n) is 3.67. The number of ether oxygens (including phenoxy) is 1. The Labute approximate surface area is 102 Å². The van der Waals surface area contributed by atoms with E-state index in [2.05, 4.69) is 0 Å². The third kappa shape index (κ3) is 3.72. The number of benzene rings is 1. The average molecular weight is 264 g/mol. The molecule has 0 heterocycles. The molecule has 0 amide bonds. The minimum atomic E-state index is -5.04. The van der Waals surface area contributed by atoms with Crippen LogP contribution in [0.4, 0.5) is 17.6 Å². The van der Waals surface area contributed by atoms with Gasteiger partial charge in [0.2, 0.25) is 0 Å². The molecule has 2 nitrogen and oxygen atoms in total. The van der Waals surface area contributed by atoms with Gasteiger partial charge < -0.3 is 4.74 Å². The molecule has 0 spiro atoms. The first-order valence-electron chi connectivity index (χ1n) is 5.40. The minimum Gasteiger partial charge on any atom is -0.493 e. The maximum absolute atomic E-state index is 12.9. The molecule has 1 aromatic carbocycles. The predicted molar refractivity (Wildman–Crippen MR) is 57.2 cm³/mol.